The molecule has 0 fully saturated rings. The summed E-state index contributed by atoms with van der Waals surface area (Å²) in [4.78, 5) is 13.3. The van der Waals surface area contributed by atoms with E-state index in [0.29, 0.717) is 11.1 Å². The maximum Gasteiger partial charge on any atom is 0.187 e. The Morgan fingerprint density at radius 3 is 2.60 bits per heavy atom. The topological polar surface area (TPSA) is 20.3 Å². The van der Waals surface area contributed by atoms with E-state index in [4.69, 9.17) is 0 Å². The Labute approximate surface area is 89.0 Å². The van der Waals surface area contributed by atoms with Crippen molar-refractivity contribution in [1.29, 1.82) is 0 Å². The van der Waals surface area contributed by atoms with Gasteiger partial charge in [0.25, 0.3) is 0 Å². The normalized spacial score (nSPS) is 10.7. The number of rotatable bonds is 3. The van der Waals surface area contributed by atoms with Crippen LogP contribution in [0.4, 0.5) is 4.39 Å². The third-order valence-corrected chi connectivity index (χ3v) is 1.98. The van der Waals surface area contributed by atoms with Gasteiger partial charge in [-0.2, -0.15) is 0 Å². The van der Waals surface area contributed by atoms with Gasteiger partial charge in [-0.3, -0.25) is 4.79 Å². The summed E-state index contributed by atoms with van der Waals surface area (Å²) in [6, 6.07) is 4.49. The summed E-state index contributed by atoms with van der Waals surface area (Å²) >= 11 is 0. The highest BCUT2D eigenvalue weighted by molar-refractivity contribution is 6.04. The molecule has 0 saturated carbocycles. The molecule has 0 unspecified atom stereocenters. The zero-order valence-electron chi connectivity index (χ0n) is 9.12. The van der Waals surface area contributed by atoms with E-state index in [0.717, 1.165) is 0 Å². The van der Waals surface area contributed by atoms with Crippen LogP contribution in [-0.4, -0.2) is 24.8 Å². The zero-order valence-corrected chi connectivity index (χ0v) is 9.12. The molecule has 0 N–H and O–H groups in total. The number of hydrogen-bond donors (Lipinski definition) is 0. The molecule has 1 aromatic carbocycles. The van der Waals surface area contributed by atoms with Crippen LogP contribution < -0.4 is 0 Å². The number of ketones is 1. The standard InChI is InChI=1S/C12H14FNO/c1-9-4-5-10(8-11(9)13)12(15)6-7-14(2)3/h4-8H,1-3H3. The molecule has 0 spiro atoms. The van der Waals surface area contributed by atoms with Crippen molar-refractivity contribution in [2.75, 3.05) is 14.1 Å². The summed E-state index contributed by atoms with van der Waals surface area (Å²) in [6.45, 7) is 1.67. The van der Waals surface area contributed by atoms with Crippen molar-refractivity contribution in [2.45, 2.75) is 6.92 Å². The third-order valence-electron chi connectivity index (χ3n) is 1.98. The number of benzene rings is 1. The van der Waals surface area contributed by atoms with Gasteiger partial charge in [0, 0.05) is 31.9 Å². The van der Waals surface area contributed by atoms with E-state index in [1.807, 2.05) is 14.1 Å². The largest absolute Gasteiger partial charge is 0.383 e. The van der Waals surface area contributed by atoms with E-state index in [-0.39, 0.29) is 11.6 Å². The first-order chi connectivity index (χ1) is 7.00. The highest BCUT2D eigenvalue weighted by atomic mass is 19.1. The lowest BCUT2D eigenvalue weighted by Gasteiger charge is -2.03. The van der Waals surface area contributed by atoms with Gasteiger partial charge in [0.05, 0.1) is 0 Å². The molecular weight excluding hydrogens is 193 g/mol. The predicted molar refractivity (Wildman–Crippen MR) is 58.3 cm³/mol. The summed E-state index contributed by atoms with van der Waals surface area (Å²) < 4.78 is 13.2. The number of carbonyl (C=O) groups excluding carboxylic acids is 1. The smallest absolute Gasteiger partial charge is 0.187 e. The van der Waals surface area contributed by atoms with Crippen LogP contribution in [0.5, 0.6) is 0 Å². The van der Waals surface area contributed by atoms with Crippen LogP contribution in [-0.2, 0) is 0 Å². The SMILES string of the molecule is Cc1ccc(C(=O)C=CN(C)C)cc1F. The van der Waals surface area contributed by atoms with Crippen LogP contribution in [0.15, 0.2) is 30.5 Å². The number of nitrogens with zero attached hydrogens (tertiary/aromatic N) is 1. The van der Waals surface area contributed by atoms with Crippen molar-refractivity contribution in [3.63, 3.8) is 0 Å². The van der Waals surface area contributed by atoms with Crippen LogP contribution in [0.1, 0.15) is 15.9 Å². The summed E-state index contributed by atoms with van der Waals surface area (Å²) in [6.07, 6.45) is 3.06. The predicted octanol–water partition coefficient (Wildman–Crippen LogP) is 2.39. The molecule has 15 heavy (non-hydrogen) atoms. The Morgan fingerprint density at radius 2 is 2.07 bits per heavy atom. The zero-order chi connectivity index (χ0) is 11.4. The van der Waals surface area contributed by atoms with Crippen molar-refractivity contribution in [2.24, 2.45) is 0 Å². The molecule has 2 nitrogen and oxygen atoms in total. The number of hydrogen-bond acceptors (Lipinski definition) is 2. The lowest BCUT2D eigenvalue weighted by atomic mass is 10.1. The Balaban J connectivity index is 2.88. The Kier molecular flexibility index (Phi) is 3.61. The molecule has 0 saturated heterocycles. The number of carbonyl (C=O) groups is 1. The molecule has 3 heteroatoms. The van der Waals surface area contributed by atoms with Crippen LogP contribution >= 0.6 is 0 Å². The van der Waals surface area contributed by atoms with Gasteiger partial charge in [0.2, 0.25) is 0 Å². The van der Waals surface area contributed by atoms with Gasteiger partial charge in [-0.1, -0.05) is 12.1 Å². The highest BCUT2D eigenvalue weighted by Crippen LogP contribution is 2.10. The second-order valence-electron chi connectivity index (χ2n) is 3.61. The summed E-state index contributed by atoms with van der Waals surface area (Å²) in [7, 11) is 3.64. The van der Waals surface area contributed by atoms with Gasteiger partial charge in [0.1, 0.15) is 5.82 Å². The highest BCUT2D eigenvalue weighted by Gasteiger charge is 2.04. The molecule has 0 aliphatic carbocycles. The van der Waals surface area contributed by atoms with Crippen molar-refractivity contribution < 1.29 is 9.18 Å². The molecule has 0 bridgehead atoms. The maximum atomic E-state index is 13.2. The molecule has 0 aliphatic rings. The van der Waals surface area contributed by atoms with E-state index >= 15 is 0 Å². The lowest BCUT2D eigenvalue weighted by molar-refractivity contribution is 0.104. The van der Waals surface area contributed by atoms with Crippen LogP contribution in [0.2, 0.25) is 0 Å². The van der Waals surface area contributed by atoms with Crippen LogP contribution in [0, 0.1) is 12.7 Å². The van der Waals surface area contributed by atoms with E-state index in [2.05, 4.69) is 0 Å². The molecule has 1 aromatic rings. The van der Waals surface area contributed by atoms with Crippen molar-refractivity contribution in [3.8, 4) is 0 Å². The molecule has 80 valence electrons. The molecule has 0 radical (unpaired) electrons. The van der Waals surface area contributed by atoms with Gasteiger partial charge in [0.15, 0.2) is 5.78 Å². The van der Waals surface area contributed by atoms with E-state index in [9.17, 15) is 9.18 Å². The van der Waals surface area contributed by atoms with Crippen LogP contribution in [0.3, 0.4) is 0 Å². The molecule has 0 aromatic heterocycles. The Hall–Kier alpha value is -1.64. The monoisotopic (exact) mass is 207 g/mol. The van der Waals surface area contributed by atoms with Crippen molar-refractivity contribution in [1.82, 2.24) is 4.90 Å². The quantitative estimate of drug-likeness (QED) is 0.560. The first-order valence-electron chi connectivity index (χ1n) is 4.66. The summed E-state index contributed by atoms with van der Waals surface area (Å²) in [5.41, 5.74) is 0.916. The molecule has 0 heterocycles. The Morgan fingerprint density at radius 1 is 1.40 bits per heavy atom. The van der Waals surface area contributed by atoms with Crippen LogP contribution in [0.25, 0.3) is 0 Å². The Bertz CT molecular complexity index is 397. The fourth-order valence-corrected chi connectivity index (χ4v) is 1.06. The molecular formula is C12H14FNO. The number of halogens is 1. The second-order valence-corrected chi connectivity index (χ2v) is 3.61. The van der Waals surface area contributed by atoms with Gasteiger partial charge < -0.3 is 4.90 Å². The molecule has 0 amide bonds. The number of allylic oxidation sites excluding steroid dienone is 1. The van der Waals surface area contributed by atoms with Gasteiger partial charge in [-0.15, -0.1) is 0 Å². The number of aryl methyl sites for hydroxylation is 1. The van der Waals surface area contributed by atoms with E-state index in [1.165, 1.54) is 12.1 Å². The fraction of sp³-hybridized carbons (Fsp3) is 0.250. The maximum absolute atomic E-state index is 13.2. The molecule has 1 rings (SSSR count). The average Bonchev–Trinajstić information content (AvgIpc) is 2.18. The minimum Gasteiger partial charge on any atom is -0.383 e. The minimum atomic E-state index is -0.348. The van der Waals surface area contributed by atoms with Gasteiger partial charge >= 0.3 is 0 Å². The average molecular weight is 207 g/mol. The molecule has 0 atom stereocenters. The third kappa shape index (κ3) is 3.20. The van der Waals surface area contributed by atoms with Gasteiger partial charge in [-0.05, 0) is 18.6 Å². The first-order valence-corrected chi connectivity index (χ1v) is 4.66. The molecule has 0 aliphatic heterocycles. The first kappa shape index (κ1) is 11.4. The summed E-state index contributed by atoms with van der Waals surface area (Å²) in [5, 5.41) is 0. The van der Waals surface area contributed by atoms with Crippen molar-refractivity contribution >= 4 is 5.78 Å². The van der Waals surface area contributed by atoms with Gasteiger partial charge in [-0.25, -0.2) is 4.39 Å². The van der Waals surface area contributed by atoms with Crippen molar-refractivity contribution in [3.05, 3.63) is 47.4 Å². The van der Waals surface area contributed by atoms with E-state index < -0.39 is 0 Å². The summed E-state index contributed by atoms with van der Waals surface area (Å²) in [5.74, 6) is -0.540. The fourth-order valence-electron chi connectivity index (χ4n) is 1.06. The lowest BCUT2D eigenvalue weighted by Crippen LogP contribution is -2.03. The minimum absolute atomic E-state index is 0.192. The van der Waals surface area contributed by atoms with E-state index in [1.54, 1.807) is 30.2 Å². The second kappa shape index (κ2) is 4.73.